The number of benzene rings is 1. The van der Waals surface area contributed by atoms with Crippen molar-refractivity contribution in [2.75, 3.05) is 38.6 Å². The molecule has 3 amide bonds. The summed E-state index contributed by atoms with van der Waals surface area (Å²) in [6.45, 7) is 2.89. The Morgan fingerprint density at radius 1 is 1.15 bits per heavy atom. The topological polar surface area (TPSA) is 61.9 Å². The van der Waals surface area contributed by atoms with Gasteiger partial charge in [-0.1, -0.05) is 12.1 Å². The Hall–Kier alpha value is -2.38. The highest BCUT2D eigenvalue weighted by Gasteiger charge is 2.23. The fourth-order valence-corrected chi connectivity index (χ4v) is 3.63. The van der Waals surface area contributed by atoms with Gasteiger partial charge in [-0.3, -0.25) is 4.79 Å². The number of ether oxygens (including phenoxy) is 1. The molecule has 2 aromatic rings. The number of carbonyl (C=O) groups excluding carboxylic acids is 2. The summed E-state index contributed by atoms with van der Waals surface area (Å²) in [7, 11) is 1.64. The molecule has 138 valence electrons. The summed E-state index contributed by atoms with van der Waals surface area (Å²) in [4.78, 5) is 28.7. The van der Waals surface area contributed by atoms with Gasteiger partial charge in [-0.05, 0) is 35.6 Å². The number of anilines is 1. The molecule has 1 aromatic heterocycles. The second kappa shape index (κ2) is 8.82. The number of thiophene rings is 1. The number of hydrogen-bond donors (Lipinski definition) is 1. The van der Waals surface area contributed by atoms with Crippen LogP contribution in [0.15, 0.2) is 41.1 Å². The number of methoxy groups -OCH3 is 1. The van der Waals surface area contributed by atoms with Crippen LogP contribution in [0.5, 0.6) is 0 Å². The molecule has 0 unspecified atom stereocenters. The monoisotopic (exact) mass is 373 g/mol. The van der Waals surface area contributed by atoms with Gasteiger partial charge in [0.1, 0.15) is 0 Å². The summed E-state index contributed by atoms with van der Waals surface area (Å²) in [5, 5.41) is 6.71. The van der Waals surface area contributed by atoms with Crippen LogP contribution in [0.2, 0.25) is 0 Å². The van der Waals surface area contributed by atoms with Crippen LogP contribution in [0, 0.1) is 0 Å². The lowest BCUT2D eigenvalue weighted by Gasteiger charge is -2.22. The molecule has 1 aliphatic rings. The average molecular weight is 373 g/mol. The van der Waals surface area contributed by atoms with Crippen LogP contribution in [-0.2, 0) is 11.3 Å². The second-order valence-corrected chi connectivity index (χ2v) is 6.99. The standard InChI is InChI=1S/C19H23N3O3S/c1-25-13-15-4-2-5-17(12-15)20-19(24)22-8-3-7-21(9-10-22)18(23)16-6-11-26-14-16/h2,4-6,11-12,14H,3,7-10,13H2,1H3,(H,20,24). The van der Waals surface area contributed by atoms with Gasteiger partial charge in [0.2, 0.25) is 0 Å². The van der Waals surface area contributed by atoms with Gasteiger partial charge in [0.25, 0.3) is 5.91 Å². The first kappa shape index (κ1) is 18.4. The van der Waals surface area contributed by atoms with Crippen molar-refractivity contribution in [3.05, 3.63) is 52.2 Å². The zero-order valence-electron chi connectivity index (χ0n) is 14.8. The largest absolute Gasteiger partial charge is 0.380 e. The van der Waals surface area contributed by atoms with E-state index in [1.807, 2.05) is 46.0 Å². The molecule has 26 heavy (non-hydrogen) atoms. The molecule has 7 heteroatoms. The van der Waals surface area contributed by atoms with Crippen molar-refractivity contribution in [2.45, 2.75) is 13.0 Å². The lowest BCUT2D eigenvalue weighted by molar-refractivity contribution is 0.0763. The zero-order chi connectivity index (χ0) is 18.4. The maximum Gasteiger partial charge on any atom is 0.321 e. The fraction of sp³-hybridized carbons (Fsp3) is 0.368. The molecule has 0 saturated carbocycles. The molecule has 2 heterocycles. The second-order valence-electron chi connectivity index (χ2n) is 6.21. The first-order valence-electron chi connectivity index (χ1n) is 8.62. The molecule has 1 aliphatic heterocycles. The minimum atomic E-state index is -0.135. The number of hydrogen-bond acceptors (Lipinski definition) is 4. The summed E-state index contributed by atoms with van der Waals surface area (Å²) in [6, 6.07) is 9.33. The number of nitrogens with one attached hydrogen (secondary N) is 1. The minimum absolute atomic E-state index is 0.0424. The van der Waals surface area contributed by atoms with E-state index in [9.17, 15) is 9.59 Å². The maximum atomic E-state index is 12.6. The predicted molar refractivity (Wildman–Crippen MR) is 103 cm³/mol. The first-order chi connectivity index (χ1) is 12.7. The van der Waals surface area contributed by atoms with Gasteiger partial charge in [-0.15, -0.1) is 0 Å². The van der Waals surface area contributed by atoms with Crippen molar-refractivity contribution in [2.24, 2.45) is 0 Å². The summed E-state index contributed by atoms with van der Waals surface area (Å²) in [5.74, 6) is 0.0424. The Labute approximate surface area is 157 Å². The van der Waals surface area contributed by atoms with E-state index in [2.05, 4.69) is 5.32 Å². The highest BCUT2D eigenvalue weighted by Crippen LogP contribution is 2.15. The number of carbonyl (C=O) groups is 2. The zero-order valence-corrected chi connectivity index (χ0v) is 15.6. The average Bonchev–Trinajstić information content (AvgIpc) is 3.06. The SMILES string of the molecule is COCc1cccc(NC(=O)N2CCCN(C(=O)c3ccsc3)CC2)c1. The Kier molecular flexibility index (Phi) is 6.25. The molecule has 0 radical (unpaired) electrons. The number of urea groups is 1. The lowest BCUT2D eigenvalue weighted by atomic mass is 10.2. The van der Waals surface area contributed by atoms with E-state index in [0.29, 0.717) is 32.8 Å². The smallest absolute Gasteiger partial charge is 0.321 e. The molecule has 0 bridgehead atoms. The van der Waals surface area contributed by atoms with E-state index >= 15 is 0 Å². The molecular formula is C19H23N3O3S. The fourth-order valence-electron chi connectivity index (χ4n) is 3.00. The van der Waals surface area contributed by atoms with Gasteiger partial charge < -0.3 is 19.9 Å². The van der Waals surface area contributed by atoms with Crippen LogP contribution in [0.1, 0.15) is 22.3 Å². The molecule has 1 N–H and O–H groups in total. The first-order valence-corrected chi connectivity index (χ1v) is 9.57. The molecule has 0 atom stereocenters. The van der Waals surface area contributed by atoms with Gasteiger partial charge >= 0.3 is 6.03 Å². The van der Waals surface area contributed by atoms with Crippen LogP contribution < -0.4 is 5.32 Å². The van der Waals surface area contributed by atoms with Crippen LogP contribution in [0.25, 0.3) is 0 Å². The van der Waals surface area contributed by atoms with Crippen molar-refractivity contribution < 1.29 is 14.3 Å². The van der Waals surface area contributed by atoms with Gasteiger partial charge in [0.05, 0.1) is 12.2 Å². The Balaban J connectivity index is 1.57. The Morgan fingerprint density at radius 2 is 1.96 bits per heavy atom. The van der Waals surface area contributed by atoms with Crippen LogP contribution in [0.3, 0.4) is 0 Å². The molecule has 6 nitrogen and oxygen atoms in total. The molecule has 1 aromatic carbocycles. The van der Waals surface area contributed by atoms with Crippen LogP contribution in [-0.4, -0.2) is 55.0 Å². The van der Waals surface area contributed by atoms with Crippen molar-refractivity contribution in [1.82, 2.24) is 9.80 Å². The summed E-state index contributed by atoms with van der Waals surface area (Å²) in [6.07, 6.45) is 0.771. The predicted octanol–water partition coefficient (Wildman–Crippen LogP) is 3.27. The quantitative estimate of drug-likeness (QED) is 0.895. The lowest BCUT2D eigenvalue weighted by Crippen LogP contribution is -2.39. The van der Waals surface area contributed by atoms with Gasteiger partial charge in [0.15, 0.2) is 0 Å². The molecule has 1 saturated heterocycles. The third-order valence-electron chi connectivity index (χ3n) is 4.33. The highest BCUT2D eigenvalue weighted by atomic mass is 32.1. The normalized spacial score (nSPS) is 14.8. The maximum absolute atomic E-state index is 12.6. The summed E-state index contributed by atoms with van der Waals surface area (Å²) >= 11 is 1.52. The van der Waals surface area contributed by atoms with E-state index in [4.69, 9.17) is 4.74 Å². The van der Waals surface area contributed by atoms with Gasteiger partial charge in [-0.25, -0.2) is 4.79 Å². The third kappa shape index (κ3) is 4.62. The van der Waals surface area contributed by atoms with Crippen molar-refractivity contribution in [3.8, 4) is 0 Å². The van der Waals surface area contributed by atoms with E-state index < -0.39 is 0 Å². The van der Waals surface area contributed by atoms with Crippen molar-refractivity contribution in [3.63, 3.8) is 0 Å². The summed E-state index contributed by atoms with van der Waals surface area (Å²) in [5.41, 5.74) is 2.48. The molecule has 0 spiro atoms. The van der Waals surface area contributed by atoms with E-state index in [-0.39, 0.29) is 11.9 Å². The molecule has 0 aliphatic carbocycles. The number of amides is 3. The third-order valence-corrected chi connectivity index (χ3v) is 5.01. The van der Waals surface area contributed by atoms with E-state index in [1.165, 1.54) is 11.3 Å². The minimum Gasteiger partial charge on any atom is -0.380 e. The highest BCUT2D eigenvalue weighted by molar-refractivity contribution is 7.08. The van der Waals surface area contributed by atoms with Crippen LogP contribution >= 0.6 is 11.3 Å². The molecule has 3 rings (SSSR count). The Bertz CT molecular complexity index is 748. The number of rotatable bonds is 4. The van der Waals surface area contributed by atoms with Crippen LogP contribution in [0.4, 0.5) is 10.5 Å². The van der Waals surface area contributed by atoms with E-state index in [0.717, 1.165) is 23.2 Å². The molecule has 1 fully saturated rings. The Morgan fingerprint density at radius 3 is 2.73 bits per heavy atom. The van der Waals surface area contributed by atoms with Crippen molar-refractivity contribution >= 4 is 29.0 Å². The van der Waals surface area contributed by atoms with Crippen molar-refractivity contribution in [1.29, 1.82) is 0 Å². The van der Waals surface area contributed by atoms with Gasteiger partial charge in [0, 0.05) is 44.4 Å². The molecular weight excluding hydrogens is 350 g/mol. The summed E-state index contributed by atoms with van der Waals surface area (Å²) < 4.78 is 5.13. The van der Waals surface area contributed by atoms with E-state index in [1.54, 1.807) is 12.0 Å². The number of nitrogens with zero attached hydrogens (tertiary/aromatic N) is 2. The van der Waals surface area contributed by atoms with Gasteiger partial charge in [-0.2, -0.15) is 11.3 Å².